The van der Waals surface area contributed by atoms with Crippen LogP contribution in [0.5, 0.6) is 5.75 Å². The zero-order valence-electron chi connectivity index (χ0n) is 12.5. The Labute approximate surface area is 124 Å². The molecule has 0 bridgehead atoms. The number of benzene rings is 1. The summed E-state index contributed by atoms with van der Waals surface area (Å²) in [5, 5.41) is 0. The van der Waals surface area contributed by atoms with Crippen molar-refractivity contribution in [3.05, 3.63) is 53.5 Å². The maximum absolute atomic E-state index is 12.4. The average Bonchev–Trinajstić information content (AvgIpc) is 3.01. The van der Waals surface area contributed by atoms with Gasteiger partial charge in [0.05, 0.1) is 19.7 Å². The molecule has 0 saturated carbocycles. The molecule has 0 radical (unpaired) electrons. The van der Waals surface area contributed by atoms with Crippen molar-refractivity contribution in [1.29, 1.82) is 0 Å². The number of rotatable bonds is 5. The highest BCUT2D eigenvalue weighted by Gasteiger charge is 2.23. The number of carbonyl (C=O) groups excluding carboxylic acids is 1. The van der Waals surface area contributed by atoms with Crippen LogP contribution in [-0.2, 0) is 6.54 Å². The molecule has 1 aromatic heterocycles. The summed E-state index contributed by atoms with van der Waals surface area (Å²) in [6, 6.07) is 10.9. The Kier molecular flexibility index (Phi) is 4.65. The van der Waals surface area contributed by atoms with E-state index in [1.54, 1.807) is 31.2 Å². The molecule has 2 N–H and O–H groups in total. The van der Waals surface area contributed by atoms with Gasteiger partial charge in [0.2, 0.25) is 0 Å². The van der Waals surface area contributed by atoms with Crippen LogP contribution >= 0.6 is 0 Å². The molecule has 1 aromatic carbocycles. The van der Waals surface area contributed by atoms with E-state index in [9.17, 15) is 4.79 Å². The van der Waals surface area contributed by atoms with Gasteiger partial charge in [0.25, 0.3) is 5.91 Å². The summed E-state index contributed by atoms with van der Waals surface area (Å²) in [6.45, 7) is 2.22. The molecule has 1 heterocycles. The molecule has 0 fully saturated rings. The van der Waals surface area contributed by atoms with Crippen LogP contribution in [0, 0.1) is 0 Å². The lowest BCUT2D eigenvalue weighted by Gasteiger charge is -2.25. The highest BCUT2D eigenvalue weighted by atomic mass is 16.5. The van der Waals surface area contributed by atoms with Gasteiger partial charge in [0.15, 0.2) is 5.76 Å². The van der Waals surface area contributed by atoms with Gasteiger partial charge in [0, 0.05) is 12.6 Å². The highest BCUT2D eigenvalue weighted by molar-refractivity contribution is 5.91. The van der Waals surface area contributed by atoms with Crippen molar-refractivity contribution in [3.8, 4) is 5.75 Å². The van der Waals surface area contributed by atoms with Crippen molar-refractivity contribution in [2.45, 2.75) is 19.5 Å². The second-order valence-corrected chi connectivity index (χ2v) is 4.80. The Morgan fingerprint density at radius 1 is 1.33 bits per heavy atom. The van der Waals surface area contributed by atoms with E-state index in [0.717, 1.165) is 11.3 Å². The largest absolute Gasteiger partial charge is 0.496 e. The molecule has 0 saturated heterocycles. The number of nitrogens with zero attached hydrogens (tertiary/aromatic N) is 1. The molecule has 2 rings (SSSR count). The third-order valence-corrected chi connectivity index (χ3v) is 3.56. The van der Waals surface area contributed by atoms with E-state index in [4.69, 9.17) is 14.9 Å². The van der Waals surface area contributed by atoms with Crippen LogP contribution in [0.2, 0.25) is 0 Å². The Hall–Kier alpha value is -2.27. The van der Waals surface area contributed by atoms with Gasteiger partial charge >= 0.3 is 0 Å². The molecule has 5 heteroatoms. The van der Waals surface area contributed by atoms with E-state index in [-0.39, 0.29) is 18.5 Å². The number of nitrogens with two attached hydrogens (primary N) is 1. The smallest absolute Gasteiger partial charge is 0.289 e. The summed E-state index contributed by atoms with van der Waals surface area (Å²) < 4.78 is 10.8. The lowest BCUT2D eigenvalue weighted by atomic mass is 10.1. The number of amides is 1. The molecule has 0 aliphatic carbocycles. The molecule has 1 unspecified atom stereocenters. The van der Waals surface area contributed by atoms with Gasteiger partial charge in [-0.1, -0.05) is 18.2 Å². The molecule has 1 amide bonds. The molecular weight excluding hydrogens is 268 g/mol. The van der Waals surface area contributed by atoms with Crippen LogP contribution in [0.15, 0.2) is 40.8 Å². The Morgan fingerprint density at radius 2 is 2.05 bits per heavy atom. The molecule has 1 atom stereocenters. The SMILES string of the molecule is COc1ccccc1C(C)N(C)C(=O)c1ccc(CN)o1. The molecule has 112 valence electrons. The van der Waals surface area contributed by atoms with Crippen LogP contribution in [0.3, 0.4) is 0 Å². The average molecular weight is 288 g/mol. The zero-order chi connectivity index (χ0) is 15.4. The van der Waals surface area contributed by atoms with Crippen molar-refractivity contribution >= 4 is 5.91 Å². The monoisotopic (exact) mass is 288 g/mol. The van der Waals surface area contributed by atoms with Gasteiger partial charge in [-0.2, -0.15) is 0 Å². The molecule has 0 aliphatic rings. The van der Waals surface area contributed by atoms with E-state index >= 15 is 0 Å². The molecule has 0 spiro atoms. The second-order valence-electron chi connectivity index (χ2n) is 4.80. The predicted molar refractivity (Wildman–Crippen MR) is 80.1 cm³/mol. The summed E-state index contributed by atoms with van der Waals surface area (Å²) in [4.78, 5) is 14.1. The summed E-state index contributed by atoms with van der Waals surface area (Å²) in [7, 11) is 3.36. The van der Waals surface area contributed by atoms with Crippen molar-refractivity contribution < 1.29 is 13.9 Å². The molecule has 5 nitrogen and oxygen atoms in total. The van der Waals surface area contributed by atoms with Gasteiger partial charge < -0.3 is 19.8 Å². The third-order valence-electron chi connectivity index (χ3n) is 3.56. The van der Waals surface area contributed by atoms with Crippen molar-refractivity contribution in [3.63, 3.8) is 0 Å². The predicted octanol–water partition coefficient (Wildman–Crippen LogP) is 2.58. The lowest BCUT2D eigenvalue weighted by Crippen LogP contribution is -2.29. The molecule has 21 heavy (non-hydrogen) atoms. The minimum absolute atomic E-state index is 0.139. The number of carbonyl (C=O) groups is 1. The first kappa shape index (κ1) is 15.1. The summed E-state index contributed by atoms with van der Waals surface area (Å²) in [6.07, 6.45) is 0. The van der Waals surface area contributed by atoms with E-state index in [0.29, 0.717) is 11.5 Å². The zero-order valence-corrected chi connectivity index (χ0v) is 12.5. The topological polar surface area (TPSA) is 68.7 Å². The first-order valence-electron chi connectivity index (χ1n) is 6.77. The number of hydrogen-bond donors (Lipinski definition) is 1. The number of hydrogen-bond acceptors (Lipinski definition) is 4. The Morgan fingerprint density at radius 3 is 2.67 bits per heavy atom. The minimum Gasteiger partial charge on any atom is -0.496 e. The normalized spacial score (nSPS) is 12.0. The van der Waals surface area contributed by atoms with E-state index in [2.05, 4.69) is 0 Å². The quantitative estimate of drug-likeness (QED) is 0.918. The van der Waals surface area contributed by atoms with Crippen molar-refractivity contribution in [1.82, 2.24) is 4.90 Å². The second kappa shape index (κ2) is 6.45. The van der Waals surface area contributed by atoms with E-state index in [1.165, 1.54) is 0 Å². The molecule has 0 aliphatic heterocycles. The number of ether oxygens (including phenoxy) is 1. The van der Waals surface area contributed by atoms with Crippen LogP contribution in [0.25, 0.3) is 0 Å². The third kappa shape index (κ3) is 3.08. The van der Waals surface area contributed by atoms with Gasteiger partial charge in [0.1, 0.15) is 11.5 Å². The van der Waals surface area contributed by atoms with Crippen LogP contribution < -0.4 is 10.5 Å². The van der Waals surface area contributed by atoms with Gasteiger partial charge in [-0.15, -0.1) is 0 Å². The van der Waals surface area contributed by atoms with Gasteiger partial charge in [-0.3, -0.25) is 4.79 Å². The van der Waals surface area contributed by atoms with Crippen LogP contribution in [0.4, 0.5) is 0 Å². The number of para-hydroxylation sites is 1. The van der Waals surface area contributed by atoms with Crippen molar-refractivity contribution in [2.75, 3.05) is 14.2 Å². The van der Waals surface area contributed by atoms with Crippen molar-refractivity contribution in [2.24, 2.45) is 5.73 Å². The Bertz CT molecular complexity index is 621. The van der Waals surface area contributed by atoms with Crippen LogP contribution in [0.1, 0.15) is 34.8 Å². The first-order chi connectivity index (χ1) is 10.1. The molecular formula is C16H20N2O3. The first-order valence-corrected chi connectivity index (χ1v) is 6.77. The van der Waals surface area contributed by atoms with Gasteiger partial charge in [-0.25, -0.2) is 0 Å². The summed E-state index contributed by atoms with van der Waals surface area (Å²) in [5.41, 5.74) is 6.44. The fourth-order valence-electron chi connectivity index (χ4n) is 2.17. The standard InChI is InChI=1S/C16H20N2O3/c1-11(13-6-4-5-7-14(13)20-3)18(2)16(19)15-9-8-12(10-17)21-15/h4-9,11H,10,17H2,1-3H3. The minimum atomic E-state index is -0.187. The van der Waals surface area contributed by atoms with Gasteiger partial charge in [-0.05, 0) is 25.1 Å². The fraction of sp³-hybridized carbons (Fsp3) is 0.312. The fourth-order valence-corrected chi connectivity index (χ4v) is 2.17. The number of furan rings is 1. The van der Waals surface area contributed by atoms with Crippen LogP contribution in [-0.4, -0.2) is 25.0 Å². The summed E-state index contributed by atoms with van der Waals surface area (Å²) in [5.74, 6) is 1.45. The lowest BCUT2D eigenvalue weighted by molar-refractivity contribution is 0.0707. The van der Waals surface area contributed by atoms with E-state index < -0.39 is 0 Å². The summed E-state index contributed by atoms with van der Waals surface area (Å²) >= 11 is 0. The number of methoxy groups -OCH3 is 1. The molecule has 2 aromatic rings. The van der Waals surface area contributed by atoms with E-state index in [1.807, 2.05) is 31.2 Å². The highest BCUT2D eigenvalue weighted by Crippen LogP contribution is 2.29. The maximum Gasteiger partial charge on any atom is 0.289 e. The Balaban J connectivity index is 2.22. The maximum atomic E-state index is 12.4.